The van der Waals surface area contributed by atoms with Crippen LogP contribution in [0, 0.1) is 0 Å². The monoisotopic (exact) mass is 840 g/mol. The van der Waals surface area contributed by atoms with Gasteiger partial charge in [-0.25, -0.2) is 0 Å². The first-order chi connectivity index (χ1) is 32.7. The van der Waals surface area contributed by atoms with E-state index in [0.29, 0.717) is 0 Å². The quantitative estimate of drug-likeness (QED) is 0.163. The molecule has 2 heterocycles. The molecule has 0 amide bonds. The van der Waals surface area contributed by atoms with E-state index in [2.05, 4.69) is 228 Å². The molecular weight excluding hydrogens is 797 g/mol. The van der Waals surface area contributed by atoms with Gasteiger partial charge in [0.2, 0.25) is 0 Å². The smallest absolute Gasteiger partial charge is 0.0547 e. The minimum atomic E-state index is 1.02. The van der Waals surface area contributed by atoms with Crippen LogP contribution in [0.25, 0.3) is 122 Å². The molecule has 2 aromatic heterocycles. The van der Waals surface area contributed by atoms with Gasteiger partial charge in [0, 0.05) is 27.5 Å². The van der Waals surface area contributed by atoms with Crippen LogP contribution in [-0.2, 0) is 6.42 Å². The lowest BCUT2D eigenvalue weighted by Crippen LogP contribution is -2.30. The molecule has 14 rings (SSSR count). The first-order valence-corrected chi connectivity index (χ1v) is 23.4. The summed E-state index contributed by atoms with van der Waals surface area (Å²) in [6.07, 6.45) is 11.6. The van der Waals surface area contributed by atoms with Gasteiger partial charge in [-0.1, -0.05) is 170 Å². The molecule has 10 aromatic carbocycles. The molecule has 0 N–H and O–H groups in total. The van der Waals surface area contributed by atoms with Gasteiger partial charge < -0.3 is 9.13 Å². The van der Waals surface area contributed by atoms with E-state index in [9.17, 15) is 0 Å². The maximum absolute atomic E-state index is 2.52. The highest BCUT2D eigenvalue weighted by molar-refractivity contribution is 6.22. The van der Waals surface area contributed by atoms with E-state index in [1.54, 1.807) is 0 Å². The molecule has 310 valence electrons. The van der Waals surface area contributed by atoms with Crippen molar-refractivity contribution in [3.63, 3.8) is 0 Å². The van der Waals surface area contributed by atoms with Crippen LogP contribution in [0.4, 0.5) is 0 Å². The van der Waals surface area contributed by atoms with E-state index in [0.717, 1.165) is 31.4 Å². The molecule has 12 aromatic rings. The Morgan fingerprint density at radius 2 is 0.939 bits per heavy atom. The number of rotatable bonds is 5. The van der Waals surface area contributed by atoms with E-state index in [1.165, 1.54) is 126 Å². The van der Waals surface area contributed by atoms with Crippen molar-refractivity contribution in [1.82, 2.24) is 9.13 Å². The fourth-order valence-corrected chi connectivity index (χ4v) is 11.6. The van der Waals surface area contributed by atoms with Crippen molar-refractivity contribution in [3.8, 4) is 33.6 Å². The Morgan fingerprint density at radius 3 is 1.68 bits per heavy atom. The van der Waals surface area contributed by atoms with Crippen molar-refractivity contribution < 1.29 is 0 Å². The summed E-state index contributed by atoms with van der Waals surface area (Å²) in [5.41, 5.74) is 16.5. The third kappa shape index (κ3) is 5.68. The van der Waals surface area contributed by atoms with E-state index in [1.807, 2.05) is 0 Å². The number of nitrogens with zero attached hydrogens (tertiary/aromatic N) is 2. The Morgan fingerprint density at radius 1 is 0.364 bits per heavy atom. The Bertz CT molecular complexity index is 4130. The maximum Gasteiger partial charge on any atom is 0.0547 e. The van der Waals surface area contributed by atoms with Crippen LogP contribution < -0.4 is 10.4 Å². The minimum absolute atomic E-state index is 1.02. The number of hydrogen-bond acceptors (Lipinski definition) is 0. The SMILES string of the molecule is C1=C(c2cccc3c2=CCCC=3)CCc2c1n(-c1ccc(-c3ccc(-n4c5cc(-c6cccc7ccccc67)ccc5c5c6ccccc6ccc54)cc3)cc1)c1ccc3ccccc3c21. The number of benzene rings is 10. The van der Waals surface area contributed by atoms with Gasteiger partial charge in [0.05, 0.1) is 22.2 Å². The molecule has 0 unspecified atom stereocenters. The average molecular weight is 841 g/mol. The van der Waals surface area contributed by atoms with Crippen molar-refractivity contribution in [2.45, 2.75) is 25.7 Å². The Labute approximate surface area is 382 Å². The molecule has 0 bridgehead atoms. The van der Waals surface area contributed by atoms with E-state index < -0.39 is 0 Å². The van der Waals surface area contributed by atoms with Crippen molar-refractivity contribution in [2.24, 2.45) is 0 Å². The molecule has 0 atom stereocenters. The molecular formula is C64H44N2. The molecule has 0 saturated heterocycles. The lowest BCUT2D eigenvalue weighted by atomic mass is 9.88. The summed E-state index contributed by atoms with van der Waals surface area (Å²) in [4.78, 5) is 0. The van der Waals surface area contributed by atoms with Gasteiger partial charge in [-0.15, -0.1) is 0 Å². The summed E-state index contributed by atoms with van der Waals surface area (Å²) < 4.78 is 4.98. The van der Waals surface area contributed by atoms with Gasteiger partial charge in [0.25, 0.3) is 0 Å². The van der Waals surface area contributed by atoms with E-state index in [4.69, 9.17) is 0 Å². The molecule has 0 spiro atoms. The number of hydrogen-bond donors (Lipinski definition) is 0. The lowest BCUT2D eigenvalue weighted by molar-refractivity contribution is 0.978. The normalized spacial score (nSPS) is 13.5. The largest absolute Gasteiger partial charge is 0.310 e. The second-order valence-corrected chi connectivity index (χ2v) is 18.2. The van der Waals surface area contributed by atoms with E-state index in [-0.39, 0.29) is 0 Å². The molecule has 2 heteroatoms. The number of aromatic nitrogens is 2. The van der Waals surface area contributed by atoms with Gasteiger partial charge in [0.15, 0.2) is 0 Å². The van der Waals surface area contributed by atoms with Gasteiger partial charge in [-0.3, -0.25) is 0 Å². The standard InChI is InChI=1S/C64H44N2/c1-5-17-51-43(11-1)15-9-21-53(51)47-27-35-57-61(39-47)65(59-37-29-45-13-3-7-19-55(45)63(57)59)49-31-23-41(24-32-49)42-25-33-50(34-26-42)66-60-38-30-46-14-4-8-20-56(46)64(60)58-36-28-48(40-62(58)66)54-22-10-16-44-12-2-6-18-52(44)54/h1,3-5,7-27,29-35,37-40H,2,6,28,36H2. The third-order valence-electron chi connectivity index (χ3n) is 14.7. The highest BCUT2D eigenvalue weighted by atomic mass is 15.0. The van der Waals surface area contributed by atoms with Crippen LogP contribution in [-0.4, -0.2) is 9.13 Å². The first kappa shape index (κ1) is 37.2. The molecule has 0 saturated carbocycles. The van der Waals surface area contributed by atoms with Gasteiger partial charge >= 0.3 is 0 Å². The fourth-order valence-electron chi connectivity index (χ4n) is 11.6. The topological polar surface area (TPSA) is 9.86 Å². The predicted octanol–water partition coefficient (Wildman–Crippen LogP) is 15.4. The summed E-state index contributed by atoms with van der Waals surface area (Å²) in [6.45, 7) is 0. The summed E-state index contributed by atoms with van der Waals surface area (Å²) in [6, 6.07) is 74.5. The van der Waals surface area contributed by atoms with Crippen LogP contribution in [0.2, 0.25) is 0 Å². The summed E-state index contributed by atoms with van der Waals surface area (Å²) in [5.74, 6) is 0. The summed E-state index contributed by atoms with van der Waals surface area (Å²) in [5, 5.41) is 14.4. The van der Waals surface area contributed by atoms with Crippen LogP contribution >= 0.6 is 0 Å². The second kappa shape index (κ2) is 14.7. The number of allylic oxidation sites excluding steroid dienone is 1. The molecule has 66 heavy (non-hydrogen) atoms. The maximum atomic E-state index is 2.52. The molecule has 0 aliphatic heterocycles. The van der Waals surface area contributed by atoms with Gasteiger partial charge in [-0.2, -0.15) is 0 Å². The number of fused-ring (bicyclic) bond motifs is 12. The van der Waals surface area contributed by atoms with Gasteiger partial charge in [0.1, 0.15) is 0 Å². The van der Waals surface area contributed by atoms with Crippen LogP contribution in [0.5, 0.6) is 0 Å². The molecule has 2 nitrogen and oxygen atoms in total. The fraction of sp³-hybridized carbons (Fsp3) is 0.0625. The summed E-state index contributed by atoms with van der Waals surface area (Å²) in [7, 11) is 0. The van der Waals surface area contributed by atoms with Crippen molar-refractivity contribution >= 4 is 88.8 Å². The molecule has 0 fully saturated rings. The zero-order valence-corrected chi connectivity index (χ0v) is 36.5. The molecule has 0 radical (unpaired) electrons. The van der Waals surface area contributed by atoms with Crippen LogP contribution in [0.1, 0.15) is 36.1 Å². The zero-order chi connectivity index (χ0) is 43.3. The average Bonchev–Trinajstić information content (AvgIpc) is 3.91. The molecule has 2 aliphatic carbocycles. The van der Waals surface area contributed by atoms with Crippen molar-refractivity contribution in [3.05, 3.63) is 227 Å². The third-order valence-corrected chi connectivity index (χ3v) is 14.7. The highest BCUT2D eigenvalue weighted by Crippen LogP contribution is 2.43. The number of aryl methyl sites for hydroxylation is 1. The highest BCUT2D eigenvalue weighted by Gasteiger charge is 2.24. The summed E-state index contributed by atoms with van der Waals surface area (Å²) >= 11 is 0. The van der Waals surface area contributed by atoms with Crippen molar-refractivity contribution in [1.29, 1.82) is 0 Å². The minimum Gasteiger partial charge on any atom is -0.310 e. The first-order valence-electron chi connectivity index (χ1n) is 23.4. The van der Waals surface area contributed by atoms with Crippen molar-refractivity contribution in [2.75, 3.05) is 0 Å². The second-order valence-electron chi connectivity index (χ2n) is 18.2. The predicted molar refractivity (Wildman–Crippen MR) is 281 cm³/mol. The Kier molecular flexibility index (Phi) is 8.27. The Hall–Kier alpha value is -8.20. The van der Waals surface area contributed by atoms with Crippen LogP contribution in [0.15, 0.2) is 200 Å². The zero-order valence-electron chi connectivity index (χ0n) is 36.5. The van der Waals surface area contributed by atoms with Crippen LogP contribution in [0.3, 0.4) is 0 Å². The Balaban J connectivity index is 0.884. The molecule has 2 aliphatic rings. The lowest BCUT2D eigenvalue weighted by Gasteiger charge is -2.18. The van der Waals surface area contributed by atoms with Gasteiger partial charge in [-0.05, 0) is 156 Å². The van der Waals surface area contributed by atoms with E-state index >= 15 is 0 Å².